The van der Waals surface area contributed by atoms with Gasteiger partial charge in [0.1, 0.15) is 18.0 Å². The van der Waals surface area contributed by atoms with E-state index in [-0.39, 0.29) is 12.2 Å². The van der Waals surface area contributed by atoms with Crippen molar-refractivity contribution in [3.05, 3.63) is 76.8 Å². The van der Waals surface area contributed by atoms with E-state index in [0.29, 0.717) is 5.69 Å². The molecular formula is C24H21N3O4S. The SMILES string of the molecule is COc1cccc(-c2ccc(/C=C3\NC(=O)N(CC(=O)Nc4ccc(C)cc4)C3=O)s2)c1. The monoisotopic (exact) mass is 447 g/mol. The molecule has 7 nitrogen and oxygen atoms in total. The minimum absolute atomic E-state index is 0.136. The molecule has 162 valence electrons. The highest BCUT2D eigenvalue weighted by Gasteiger charge is 2.35. The maximum absolute atomic E-state index is 12.7. The molecule has 1 saturated heterocycles. The number of imide groups is 1. The van der Waals surface area contributed by atoms with Gasteiger partial charge in [0.05, 0.1) is 7.11 Å². The van der Waals surface area contributed by atoms with Crippen LogP contribution in [0.3, 0.4) is 0 Å². The summed E-state index contributed by atoms with van der Waals surface area (Å²) in [5, 5.41) is 5.24. The van der Waals surface area contributed by atoms with Gasteiger partial charge in [0, 0.05) is 15.4 Å². The van der Waals surface area contributed by atoms with Crippen LogP contribution in [-0.4, -0.2) is 36.4 Å². The Hall–Kier alpha value is -3.91. The summed E-state index contributed by atoms with van der Waals surface area (Å²) >= 11 is 1.48. The summed E-state index contributed by atoms with van der Waals surface area (Å²) in [5.41, 5.74) is 2.80. The van der Waals surface area contributed by atoms with Crippen LogP contribution in [0.15, 0.2) is 66.4 Å². The lowest BCUT2D eigenvalue weighted by molar-refractivity contribution is -0.127. The summed E-state index contributed by atoms with van der Waals surface area (Å²) in [6, 6.07) is 18.1. The van der Waals surface area contributed by atoms with Gasteiger partial charge in [0.15, 0.2) is 0 Å². The number of nitrogens with zero attached hydrogens (tertiary/aromatic N) is 1. The van der Waals surface area contributed by atoms with Crippen LogP contribution in [0.1, 0.15) is 10.4 Å². The molecule has 4 rings (SSSR count). The molecule has 1 aliphatic heterocycles. The Morgan fingerprint density at radius 3 is 2.66 bits per heavy atom. The predicted molar refractivity (Wildman–Crippen MR) is 124 cm³/mol. The van der Waals surface area contributed by atoms with Crippen LogP contribution >= 0.6 is 11.3 Å². The van der Waals surface area contributed by atoms with E-state index >= 15 is 0 Å². The molecule has 0 spiro atoms. The number of amides is 4. The molecule has 0 bridgehead atoms. The number of hydrogen-bond acceptors (Lipinski definition) is 5. The maximum atomic E-state index is 12.7. The zero-order valence-electron chi connectivity index (χ0n) is 17.5. The van der Waals surface area contributed by atoms with Crippen molar-refractivity contribution in [1.82, 2.24) is 10.2 Å². The Morgan fingerprint density at radius 2 is 1.91 bits per heavy atom. The van der Waals surface area contributed by atoms with Crippen LogP contribution < -0.4 is 15.4 Å². The van der Waals surface area contributed by atoms with E-state index in [4.69, 9.17) is 4.74 Å². The van der Waals surface area contributed by atoms with Gasteiger partial charge in [-0.05, 0) is 55.0 Å². The predicted octanol–water partition coefficient (Wildman–Crippen LogP) is 4.26. The molecule has 4 amide bonds. The zero-order chi connectivity index (χ0) is 22.7. The fourth-order valence-corrected chi connectivity index (χ4v) is 4.15. The first-order chi connectivity index (χ1) is 15.4. The number of thiophene rings is 1. The van der Waals surface area contributed by atoms with E-state index in [1.54, 1.807) is 25.3 Å². The van der Waals surface area contributed by atoms with E-state index in [1.165, 1.54) is 11.3 Å². The van der Waals surface area contributed by atoms with Crippen molar-refractivity contribution in [1.29, 1.82) is 0 Å². The van der Waals surface area contributed by atoms with E-state index in [0.717, 1.165) is 31.5 Å². The van der Waals surface area contributed by atoms with Crippen LogP contribution in [0.5, 0.6) is 5.75 Å². The molecule has 2 aromatic carbocycles. The summed E-state index contributed by atoms with van der Waals surface area (Å²) in [6.45, 7) is 1.58. The van der Waals surface area contributed by atoms with Crippen LogP contribution in [0, 0.1) is 6.92 Å². The molecule has 8 heteroatoms. The quantitative estimate of drug-likeness (QED) is 0.437. The van der Waals surface area contributed by atoms with Crippen LogP contribution in [0.2, 0.25) is 0 Å². The first-order valence-electron chi connectivity index (χ1n) is 9.88. The Bertz CT molecular complexity index is 1210. The highest BCUT2D eigenvalue weighted by atomic mass is 32.1. The van der Waals surface area contributed by atoms with Crippen molar-refractivity contribution >= 4 is 40.9 Å². The molecule has 1 aliphatic rings. The lowest BCUT2D eigenvalue weighted by Crippen LogP contribution is -2.38. The second-order valence-corrected chi connectivity index (χ2v) is 8.34. The molecule has 2 heterocycles. The van der Waals surface area contributed by atoms with E-state index in [9.17, 15) is 14.4 Å². The van der Waals surface area contributed by atoms with Gasteiger partial charge in [-0.1, -0.05) is 29.8 Å². The third-order valence-corrected chi connectivity index (χ3v) is 5.95. The van der Waals surface area contributed by atoms with Gasteiger partial charge in [-0.25, -0.2) is 9.69 Å². The van der Waals surface area contributed by atoms with Gasteiger partial charge in [-0.3, -0.25) is 9.59 Å². The highest BCUT2D eigenvalue weighted by Crippen LogP contribution is 2.31. The fraction of sp³-hybridized carbons (Fsp3) is 0.125. The number of ether oxygens (including phenoxy) is 1. The van der Waals surface area contributed by atoms with Crippen LogP contribution in [0.25, 0.3) is 16.5 Å². The smallest absolute Gasteiger partial charge is 0.329 e. The number of anilines is 1. The van der Waals surface area contributed by atoms with Crippen LogP contribution in [-0.2, 0) is 9.59 Å². The molecule has 0 saturated carbocycles. The normalized spacial score (nSPS) is 14.6. The lowest BCUT2D eigenvalue weighted by Gasteiger charge is -2.12. The molecule has 0 atom stereocenters. The number of rotatable bonds is 6. The average molecular weight is 448 g/mol. The summed E-state index contributed by atoms with van der Waals surface area (Å²) in [4.78, 5) is 40.0. The number of urea groups is 1. The molecule has 0 aliphatic carbocycles. The first kappa shape index (κ1) is 21.3. The molecule has 0 unspecified atom stereocenters. The second kappa shape index (κ2) is 9.07. The van der Waals surface area contributed by atoms with Gasteiger partial charge in [0.2, 0.25) is 5.91 Å². The Kier molecular flexibility index (Phi) is 6.04. The minimum atomic E-state index is -0.620. The number of carbonyl (C=O) groups is 3. The fourth-order valence-electron chi connectivity index (χ4n) is 3.20. The third kappa shape index (κ3) is 4.70. The molecule has 1 fully saturated rings. The molecule has 32 heavy (non-hydrogen) atoms. The molecule has 2 N–H and O–H groups in total. The number of hydrogen-bond donors (Lipinski definition) is 2. The zero-order valence-corrected chi connectivity index (χ0v) is 18.4. The highest BCUT2D eigenvalue weighted by molar-refractivity contribution is 7.16. The van der Waals surface area contributed by atoms with Crippen molar-refractivity contribution in [3.8, 4) is 16.2 Å². The average Bonchev–Trinajstić information content (AvgIpc) is 3.36. The number of aryl methyl sites for hydroxylation is 1. The molecule has 1 aromatic heterocycles. The van der Waals surface area contributed by atoms with Crippen molar-refractivity contribution in [2.75, 3.05) is 19.0 Å². The lowest BCUT2D eigenvalue weighted by atomic mass is 10.2. The van der Waals surface area contributed by atoms with Gasteiger partial charge in [-0.15, -0.1) is 11.3 Å². The standard InChI is InChI=1S/C24H21N3O4S/c1-15-6-8-17(9-7-15)25-22(28)14-27-23(29)20(26-24(27)30)13-19-10-11-21(32-19)16-4-3-5-18(12-16)31-2/h3-13H,14H2,1-2H3,(H,25,28)(H,26,30)/b20-13-. The summed E-state index contributed by atoms with van der Waals surface area (Å²) < 4.78 is 5.27. The van der Waals surface area contributed by atoms with Gasteiger partial charge in [-0.2, -0.15) is 0 Å². The number of nitrogens with one attached hydrogen (secondary N) is 2. The summed E-state index contributed by atoms with van der Waals surface area (Å²) in [7, 11) is 1.62. The second-order valence-electron chi connectivity index (χ2n) is 7.23. The van der Waals surface area contributed by atoms with Gasteiger partial charge >= 0.3 is 6.03 Å². The van der Waals surface area contributed by atoms with Crippen molar-refractivity contribution in [2.24, 2.45) is 0 Å². The summed E-state index contributed by atoms with van der Waals surface area (Å²) in [5.74, 6) is -0.228. The largest absolute Gasteiger partial charge is 0.497 e. The van der Waals surface area contributed by atoms with E-state index in [2.05, 4.69) is 10.6 Å². The third-order valence-electron chi connectivity index (χ3n) is 4.87. The molecule has 0 radical (unpaired) electrons. The Labute approximate surface area is 189 Å². The Morgan fingerprint density at radius 1 is 1.12 bits per heavy atom. The van der Waals surface area contributed by atoms with Gasteiger partial charge < -0.3 is 15.4 Å². The number of benzene rings is 2. The number of methoxy groups -OCH3 is 1. The summed E-state index contributed by atoms with van der Waals surface area (Å²) in [6.07, 6.45) is 1.62. The maximum Gasteiger partial charge on any atom is 0.329 e. The van der Waals surface area contributed by atoms with Crippen molar-refractivity contribution in [3.63, 3.8) is 0 Å². The van der Waals surface area contributed by atoms with Gasteiger partial charge in [0.25, 0.3) is 5.91 Å². The van der Waals surface area contributed by atoms with E-state index in [1.807, 2.05) is 55.5 Å². The first-order valence-corrected chi connectivity index (χ1v) is 10.7. The van der Waals surface area contributed by atoms with Crippen molar-refractivity contribution in [2.45, 2.75) is 6.92 Å². The minimum Gasteiger partial charge on any atom is -0.497 e. The van der Waals surface area contributed by atoms with Crippen molar-refractivity contribution < 1.29 is 19.1 Å². The number of carbonyl (C=O) groups excluding carboxylic acids is 3. The van der Waals surface area contributed by atoms with Crippen LogP contribution in [0.4, 0.5) is 10.5 Å². The Balaban J connectivity index is 1.44. The molecule has 3 aromatic rings. The topological polar surface area (TPSA) is 87.7 Å². The van der Waals surface area contributed by atoms with E-state index < -0.39 is 17.8 Å². The molecular weight excluding hydrogens is 426 g/mol.